The van der Waals surface area contributed by atoms with Crippen molar-refractivity contribution in [1.29, 1.82) is 0 Å². The summed E-state index contributed by atoms with van der Waals surface area (Å²) in [5, 5.41) is 4.94. The topological polar surface area (TPSA) is 86.5 Å². The SMILES string of the molecule is CC(C)(C)C(=O)Oc1ccc(S(N)(=O)=O)cc1. The monoisotopic (exact) mass is 257 g/mol. The van der Waals surface area contributed by atoms with Gasteiger partial charge in [-0.25, -0.2) is 13.6 Å². The normalized spacial score (nSPS) is 12.2. The fourth-order valence-electron chi connectivity index (χ4n) is 0.957. The minimum absolute atomic E-state index is 0.0203. The summed E-state index contributed by atoms with van der Waals surface area (Å²) < 4.78 is 27.1. The second-order valence-corrected chi connectivity index (χ2v) is 6.22. The minimum atomic E-state index is -3.72. The number of nitrogens with two attached hydrogens (primary N) is 1. The molecule has 0 radical (unpaired) electrons. The molecule has 0 amide bonds. The molecule has 1 rings (SSSR count). The molecule has 0 spiro atoms. The van der Waals surface area contributed by atoms with E-state index in [4.69, 9.17) is 9.88 Å². The molecule has 1 aromatic rings. The van der Waals surface area contributed by atoms with Crippen molar-refractivity contribution in [3.8, 4) is 5.75 Å². The maximum absolute atomic E-state index is 11.6. The number of primary sulfonamides is 1. The van der Waals surface area contributed by atoms with Crippen LogP contribution in [0.1, 0.15) is 20.8 Å². The van der Waals surface area contributed by atoms with E-state index in [1.54, 1.807) is 20.8 Å². The Bertz CT molecular complexity index is 511. The van der Waals surface area contributed by atoms with Gasteiger partial charge in [-0.2, -0.15) is 0 Å². The molecule has 0 heterocycles. The van der Waals surface area contributed by atoms with Crippen LogP contribution in [-0.2, 0) is 14.8 Å². The molecule has 0 aliphatic carbocycles. The molecule has 94 valence electrons. The predicted octanol–water partition coefficient (Wildman–Crippen LogP) is 1.29. The molecule has 2 N–H and O–H groups in total. The van der Waals surface area contributed by atoms with Gasteiger partial charge in [-0.15, -0.1) is 0 Å². The number of rotatable bonds is 2. The van der Waals surface area contributed by atoms with Crippen LogP contribution in [0.25, 0.3) is 0 Å². The van der Waals surface area contributed by atoms with Crippen LogP contribution >= 0.6 is 0 Å². The highest BCUT2D eigenvalue weighted by Crippen LogP contribution is 2.20. The van der Waals surface area contributed by atoms with Crippen LogP contribution in [0, 0.1) is 5.41 Å². The van der Waals surface area contributed by atoms with E-state index in [1.807, 2.05) is 0 Å². The van der Waals surface area contributed by atoms with Crippen LogP contribution in [0.3, 0.4) is 0 Å². The maximum atomic E-state index is 11.6. The lowest BCUT2D eigenvalue weighted by Crippen LogP contribution is -2.25. The first-order chi connectivity index (χ1) is 7.60. The number of hydrogen-bond donors (Lipinski definition) is 1. The van der Waals surface area contributed by atoms with E-state index in [2.05, 4.69) is 0 Å². The molecule has 0 saturated heterocycles. The largest absolute Gasteiger partial charge is 0.426 e. The number of carbonyl (C=O) groups is 1. The Morgan fingerprint density at radius 3 is 2.00 bits per heavy atom. The van der Waals surface area contributed by atoms with Crippen LogP contribution in [0.2, 0.25) is 0 Å². The molecule has 0 aliphatic heterocycles. The van der Waals surface area contributed by atoms with Crippen LogP contribution in [0.4, 0.5) is 0 Å². The van der Waals surface area contributed by atoms with Gasteiger partial charge in [0.15, 0.2) is 0 Å². The van der Waals surface area contributed by atoms with Crippen molar-refractivity contribution < 1.29 is 17.9 Å². The van der Waals surface area contributed by atoms with Crippen molar-refractivity contribution in [2.45, 2.75) is 25.7 Å². The first-order valence-electron chi connectivity index (χ1n) is 4.96. The Kier molecular flexibility index (Phi) is 3.59. The lowest BCUT2D eigenvalue weighted by molar-refractivity contribution is -0.142. The molecular weight excluding hydrogens is 242 g/mol. The Morgan fingerprint density at radius 1 is 1.18 bits per heavy atom. The van der Waals surface area contributed by atoms with Gasteiger partial charge in [0.05, 0.1) is 10.3 Å². The predicted molar refractivity (Wildman–Crippen MR) is 62.9 cm³/mol. The molecule has 5 nitrogen and oxygen atoms in total. The van der Waals surface area contributed by atoms with Crippen molar-refractivity contribution in [2.75, 3.05) is 0 Å². The summed E-state index contributed by atoms with van der Waals surface area (Å²) >= 11 is 0. The third-order valence-corrected chi connectivity index (χ3v) is 2.90. The molecule has 0 aromatic heterocycles. The number of sulfonamides is 1. The summed E-state index contributed by atoms with van der Waals surface area (Å²) in [4.78, 5) is 11.5. The van der Waals surface area contributed by atoms with Gasteiger partial charge in [0.25, 0.3) is 0 Å². The maximum Gasteiger partial charge on any atom is 0.316 e. The first-order valence-corrected chi connectivity index (χ1v) is 6.50. The van der Waals surface area contributed by atoms with Gasteiger partial charge in [0.1, 0.15) is 5.75 Å². The average Bonchev–Trinajstić information content (AvgIpc) is 2.15. The number of esters is 1. The summed E-state index contributed by atoms with van der Waals surface area (Å²) in [6.07, 6.45) is 0. The highest BCUT2D eigenvalue weighted by atomic mass is 32.2. The Balaban J connectivity index is 2.87. The molecule has 17 heavy (non-hydrogen) atoms. The van der Waals surface area contributed by atoms with Crippen LogP contribution in [-0.4, -0.2) is 14.4 Å². The zero-order chi connectivity index (χ0) is 13.3. The van der Waals surface area contributed by atoms with E-state index in [0.29, 0.717) is 0 Å². The van der Waals surface area contributed by atoms with Crippen molar-refractivity contribution >= 4 is 16.0 Å². The van der Waals surface area contributed by atoms with E-state index >= 15 is 0 Å². The van der Waals surface area contributed by atoms with E-state index in [9.17, 15) is 13.2 Å². The summed E-state index contributed by atoms with van der Waals surface area (Å²) in [7, 11) is -3.72. The molecule has 1 aromatic carbocycles. The quantitative estimate of drug-likeness (QED) is 0.638. The van der Waals surface area contributed by atoms with E-state index < -0.39 is 15.4 Å². The highest BCUT2D eigenvalue weighted by Gasteiger charge is 2.23. The fourth-order valence-corrected chi connectivity index (χ4v) is 1.47. The second-order valence-electron chi connectivity index (χ2n) is 4.66. The van der Waals surface area contributed by atoms with E-state index in [-0.39, 0.29) is 16.6 Å². The third kappa shape index (κ3) is 3.83. The Hall–Kier alpha value is -1.40. The summed E-state index contributed by atoms with van der Waals surface area (Å²) in [5.41, 5.74) is -0.612. The number of benzene rings is 1. The summed E-state index contributed by atoms with van der Waals surface area (Å²) in [6, 6.07) is 5.37. The molecular formula is C11H15NO4S. The standard InChI is InChI=1S/C11H15NO4S/c1-11(2,3)10(13)16-8-4-6-9(7-5-8)17(12,14)15/h4-7H,1-3H3,(H2,12,14,15). The molecule has 0 fully saturated rings. The van der Waals surface area contributed by atoms with Crippen LogP contribution in [0.15, 0.2) is 29.2 Å². The van der Waals surface area contributed by atoms with Crippen LogP contribution < -0.4 is 9.88 Å². The van der Waals surface area contributed by atoms with E-state index in [1.165, 1.54) is 24.3 Å². The molecule has 0 saturated carbocycles. The zero-order valence-electron chi connectivity index (χ0n) is 9.93. The van der Waals surface area contributed by atoms with E-state index in [0.717, 1.165) is 0 Å². The zero-order valence-corrected chi connectivity index (χ0v) is 10.7. The fraction of sp³-hybridized carbons (Fsp3) is 0.364. The van der Waals surface area contributed by atoms with Crippen molar-refractivity contribution in [3.05, 3.63) is 24.3 Å². The third-order valence-electron chi connectivity index (χ3n) is 1.98. The number of ether oxygens (including phenoxy) is 1. The number of carbonyl (C=O) groups excluding carboxylic acids is 1. The summed E-state index contributed by atoms with van der Waals surface area (Å²) in [6.45, 7) is 5.19. The van der Waals surface area contributed by atoms with Gasteiger partial charge in [0.2, 0.25) is 10.0 Å². The average molecular weight is 257 g/mol. The lowest BCUT2D eigenvalue weighted by atomic mass is 9.97. The van der Waals surface area contributed by atoms with Crippen molar-refractivity contribution in [2.24, 2.45) is 10.6 Å². The van der Waals surface area contributed by atoms with Gasteiger partial charge in [-0.3, -0.25) is 4.79 Å². The smallest absolute Gasteiger partial charge is 0.316 e. The van der Waals surface area contributed by atoms with Crippen molar-refractivity contribution in [1.82, 2.24) is 0 Å². The second kappa shape index (κ2) is 4.46. The molecule has 6 heteroatoms. The number of hydrogen-bond acceptors (Lipinski definition) is 4. The van der Waals surface area contributed by atoms with Crippen LogP contribution in [0.5, 0.6) is 5.75 Å². The highest BCUT2D eigenvalue weighted by molar-refractivity contribution is 7.89. The molecule has 0 unspecified atom stereocenters. The molecule has 0 bridgehead atoms. The van der Waals surface area contributed by atoms with Gasteiger partial charge in [0, 0.05) is 0 Å². The van der Waals surface area contributed by atoms with Gasteiger partial charge < -0.3 is 4.74 Å². The summed E-state index contributed by atoms with van der Waals surface area (Å²) in [5.74, 6) is -0.0989. The molecule has 0 atom stereocenters. The lowest BCUT2D eigenvalue weighted by Gasteiger charge is -2.16. The molecule has 0 aliphatic rings. The van der Waals surface area contributed by atoms with Crippen molar-refractivity contribution in [3.63, 3.8) is 0 Å². The van der Waals surface area contributed by atoms with Gasteiger partial charge in [-0.1, -0.05) is 0 Å². The Labute approximate surface area is 101 Å². The Morgan fingerprint density at radius 2 is 1.65 bits per heavy atom. The van der Waals surface area contributed by atoms with Gasteiger partial charge in [-0.05, 0) is 45.0 Å². The van der Waals surface area contributed by atoms with Gasteiger partial charge >= 0.3 is 5.97 Å². The minimum Gasteiger partial charge on any atom is -0.426 e. The first kappa shape index (κ1) is 13.7.